The lowest BCUT2D eigenvalue weighted by Crippen LogP contribution is -2.32. The van der Waals surface area contributed by atoms with E-state index in [0.29, 0.717) is 5.56 Å². The van der Waals surface area contributed by atoms with E-state index in [-0.39, 0.29) is 24.4 Å². The molecule has 1 N–H and O–H groups in total. The molecule has 0 saturated heterocycles. The molecule has 0 radical (unpaired) electrons. The number of halogens is 1. The third-order valence-electron chi connectivity index (χ3n) is 2.11. The minimum absolute atomic E-state index is 0.0302. The van der Waals surface area contributed by atoms with E-state index in [4.69, 9.17) is 4.74 Å². The van der Waals surface area contributed by atoms with Crippen LogP contribution in [-0.4, -0.2) is 19.1 Å². The molecular weight excluding hydrogens is 197 g/mol. The Labute approximate surface area is 88.2 Å². The van der Waals surface area contributed by atoms with Crippen LogP contribution in [0.3, 0.4) is 0 Å². The van der Waals surface area contributed by atoms with Gasteiger partial charge in [-0.15, -0.1) is 0 Å². The molecule has 0 aliphatic carbocycles. The quantitative estimate of drug-likeness (QED) is 0.766. The zero-order chi connectivity index (χ0) is 11.3. The van der Waals surface area contributed by atoms with Crippen molar-refractivity contribution in [1.82, 2.24) is 5.32 Å². The first-order valence-electron chi connectivity index (χ1n) is 4.72. The summed E-state index contributed by atoms with van der Waals surface area (Å²) in [7, 11) is 1.66. The molecule has 1 aromatic carbocycles. The van der Waals surface area contributed by atoms with Gasteiger partial charge in [0.05, 0.1) is 0 Å². The van der Waals surface area contributed by atoms with Crippen molar-refractivity contribution in [3.63, 3.8) is 0 Å². The third-order valence-corrected chi connectivity index (χ3v) is 2.11. The van der Waals surface area contributed by atoms with Gasteiger partial charge < -0.3 is 10.1 Å². The molecular formula is C11H14FNO2. The van der Waals surface area contributed by atoms with Crippen LogP contribution in [0.25, 0.3) is 0 Å². The van der Waals surface area contributed by atoms with Gasteiger partial charge in [0.2, 0.25) is 0 Å². The molecule has 0 bridgehead atoms. The Hall–Kier alpha value is -1.42. The highest BCUT2D eigenvalue weighted by molar-refractivity contribution is 5.75. The van der Waals surface area contributed by atoms with Crippen LogP contribution in [0.2, 0.25) is 0 Å². The number of carbonyl (C=O) groups excluding carboxylic acids is 1. The highest BCUT2D eigenvalue weighted by Gasteiger charge is 2.12. The second kappa shape index (κ2) is 5.46. The molecule has 0 heterocycles. The average Bonchev–Trinajstić information content (AvgIpc) is 2.26. The first kappa shape index (κ1) is 11.7. The minimum Gasteiger partial charge on any atom is -0.460 e. The van der Waals surface area contributed by atoms with Gasteiger partial charge in [0.25, 0.3) is 0 Å². The summed E-state index contributed by atoms with van der Waals surface area (Å²) in [6.45, 7) is 1.65. The van der Waals surface area contributed by atoms with Crippen LogP contribution in [0, 0.1) is 5.82 Å². The number of carbonyl (C=O) groups is 1. The fraction of sp³-hybridized carbons (Fsp3) is 0.364. The van der Waals surface area contributed by atoms with Crippen LogP contribution >= 0.6 is 0 Å². The number of esters is 1. The molecule has 15 heavy (non-hydrogen) atoms. The lowest BCUT2D eigenvalue weighted by molar-refractivity contribution is -0.146. The number of nitrogens with one attached hydrogen (secondary N) is 1. The van der Waals surface area contributed by atoms with Crippen molar-refractivity contribution in [3.8, 4) is 0 Å². The maximum atomic E-state index is 13.1. The highest BCUT2D eigenvalue weighted by atomic mass is 19.1. The van der Waals surface area contributed by atoms with Crippen molar-refractivity contribution in [1.29, 1.82) is 0 Å². The smallest absolute Gasteiger partial charge is 0.323 e. The molecule has 0 aliphatic heterocycles. The van der Waals surface area contributed by atoms with E-state index in [9.17, 15) is 9.18 Å². The van der Waals surface area contributed by atoms with E-state index < -0.39 is 0 Å². The highest BCUT2D eigenvalue weighted by Crippen LogP contribution is 2.07. The van der Waals surface area contributed by atoms with E-state index in [1.807, 2.05) is 0 Å². The lowest BCUT2D eigenvalue weighted by Gasteiger charge is -2.10. The van der Waals surface area contributed by atoms with Gasteiger partial charge in [0.1, 0.15) is 18.5 Å². The molecule has 1 aromatic rings. The van der Waals surface area contributed by atoms with E-state index in [1.54, 1.807) is 32.2 Å². The Morgan fingerprint density at radius 2 is 2.20 bits per heavy atom. The van der Waals surface area contributed by atoms with Gasteiger partial charge in [-0.1, -0.05) is 18.2 Å². The van der Waals surface area contributed by atoms with E-state index in [0.717, 1.165) is 0 Å². The molecule has 0 amide bonds. The summed E-state index contributed by atoms with van der Waals surface area (Å²) in [6, 6.07) is 5.85. The maximum Gasteiger partial charge on any atom is 0.323 e. The number of benzene rings is 1. The normalized spacial score (nSPS) is 12.2. The third kappa shape index (κ3) is 3.32. The summed E-state index contributed by atoms with van der Waals surface area (Å²) in [4.78, 5) is 11.3. The number of likely N-dealkylation sites (N-methyl/N-ethyl adjacent to an activating group) is 1. The Balaban J connectivity index is 2.51. The van der Waals surface area contributed by atoms with Crippen molar-refractivity contribution < 1.29 is 13.9 Å². The summed E-state index contributed by atoms with van der Waals surface area (Å²) in [5.41, 5.74) is 0.383. The monoisotopic (exact) mass is 211 g/mol. The van der Waals surface area contributed by atoms with Gasteiger partial charge in [0, 0.05) is 5.56 Å². The van der Waals surface area contributed by atoms with Crippen LogP contribution in [0.5, 0.6) is 0 Å². The molecule has 0 aromatic heterocycles. The standard InChI is InChI=1S/C11H14FNO2/c1-8(13-2)11(14)15-7-9-5-3-4-6-10(9)12/h3-6,8,13H,7H2,1-2H3. The average molecular weight is 211 g/mol. The topological polar surface area (TPSA) is 38.3 Å². The van der Waals surface area contributed by atoms with Crippen molar-refractivity contribution in [2.75, 3.05) is 7.05 Å². The number of hydrogen-bond acceptors (Lipinski definition) is 3. The number of rotatable bonds is 4. The summed E-state index contributed by atoms with van der Waals surface area (Å²) >= 11 is 0. The zero-order valence-corrected chi connectivity index (χ0v) is 8.79. The van der Waals surface area contributed by atoms with Gasteiger partial charge >= 0.3 is 5.97 Å². The van der Waals surface area contributed by atoms with Gasteiger partial charge in [-0.05, 0) is 20.0 Å². The first-order chi connectivity index (χ1) is 7.15. The second-order valence-electron chi connectivity index (χ2n) is 3.21. The lowest BCUT2D eigenvalue weighted by atomic mass is 10.2. The van der Waals surface area contributed by atoms with Crippen molar-refractivity contribution in [2.24, 2.45) is 0 Å². The molecule has 0 spiro atoms. The molecule has 4 heteroatoms. The SMILES string of the molecule is CNC(C)C(=O)OCc1ccccc1F. The predicted octanol–water partition coefficient (Wildman–Crippen LogP) is 1.48. The molecule has 1 unspecified atom stereocenters. The molecule has 82 valence electrons. The minimum atomic E-state index is -0.388. The Bertz CT molecular complexity index is 341. The van der Waals surface area contributed by atoms with E-state index in [2.05, 4.69) is 5.32 Å². The van der Waals surface area contributed by atoms with Crippen LogP contribution in [-0.2, 0) is 16.1 Å². The van der Waals surface area contributed by atoms with Crippen LogP contribution in [0.4, 0.5) is 4.39 Å². The second-order valence-corrected chi connectivity index (χ2v) is 3.21. The van der Waals surface area contributed by atoms with Crippen LogP contribution in [0.15, 0.2) is 24.3 Å². The van der Waals surface area contributed by atoms with Crippen molar-refractivity contribution in [3.05, 3.63) is 35.6 Å². The van der Waals surface area contributed by atoms with Gasteiger partial charge in [0.15, 0.2) is 0 Å². The van der Waals surface area contributed by atoms with Gasteiger partial charge in [-0.25, -0.2) is 4.39 Å². The van der Waals surface area contributed by atoms with Crippen LogP contribution in [0.1, 0.15) is 12.5 Å². The number of hydrogen-bond donors (Lipinski definition) is 1. The van der Waals surface area contributed by atoms with E-state index in [1.165, 1.54) is 6.07 Å². The Morgan fingerprint density at radius 3 is 2.80 bits per heavy atom. The first-order valence-corrected chi connectivity index (χ1v) is 4.72. The molecule has 0 aliphatic rings. The fourth-order valence-electron chi connectivity index (χ4n) is 1.01. The summed E-state index contributed by atoms with van der Waals surface area (Å²) in [5, 5.41) is 2.75. The molecule has 3 nitrogen and oxygen atoms in total. The van der Waals surface area contributed by atoms with Crippen LogP contribution < -0.4 is 5.32 Å². The zero-order valence-electron chi connectivity index (χ0n) is 8.79. The Kier molecular flexibility index (Phi) is 4.24. The Morgan fingerprint density at radius 1 is 1.53 bits per heavy atom. The van der Waals surface area contributed by atoms with Crippen molar-refractivity contribution in [2.45, 2.75) is 19.6 Å². The van der Waals surface area contributed by atoms with E-state index >= 15 is 0 Å². The molecule has 0 fully saturated rings. The summed E-state index contributed by atoms with van der Waals surface area (Å²) in [6.07, 6.45) is 0. The summed E-state index contributed by atoms with van der Waals surface area (Å²) < 4.78 is 18.0. The fourth-order valence-corrected chi connectivity index (χ4v) is 1.01. The number of ether oxygens (including phenoxy) is 1. The van der Waals surface area contributed by atoms with Gasteiger partial charge in [-0.3, -0.25) is 4.79 Å². The predicted molar refractivity (Wildman–Crippen MR) is 54.7 cm³/mol. The molecule has 1 rings (SSSR count). The van der Waals surface area contributed by atoms with Gasteiger partial charge in [-0.2, -0.15) is 0 Å². The van der Waals surface area contributed by atoms with Crippen molar-refractivity contribution >= 4 is 5.97 Å². The molecule has 0 saturated carbocycles. The molecule has 1 atom stereocenters. The summed E-state index contributed by atoms with van der Waals surface area (Å²) in [5.74, 6) is -0.747. The maximum absolute atomic E-state index is 13.1. The largest absolute Gasteiger partial charge is 0.460 e.